The molecule has 112 valence electrons. The molecular formula is C18H17FN2O. The van der Waals surface area contributed by atoms with Crippen molar-refractivity contribution < 1.29 is 4.39 Å². The smallest absolute Gasteiger partial charge is 0.267 e. The highest BCUT2D eigenvalue weighted by atomic mass is 19.1. The van der Waals surface area contributed by atoms with Crippen molar-refractivity contribution in [3.8, 4) is 0 Å². The van der Waals surface area contributed by atoms with E-state index in [4.69, 9.17) is 0 Å². The van der Waals surface area contributed by atoms with Crippen LogP contribution in [0.4, 0.5) is 4.39 Å². The number of aromatic nitrogens is 2. The van der Waals surface area contributed by atoms with Gasteiger partial charge < -0.3 is 0 Å². The first-order chi connectivity index (χ1) is 10.6. The van der Waals surface area contributed by atoms with E-state index in [9.17, 15) is 9.18 Å². The van der Waals surface area contributed by atoms with Crippen molar-refractivity contribution in [2.45, 2.75) is 25.9 Å². The van der Waals surface area contributed by atoms with E-state index in [0.29, 0.717) is 23.8 Å². The Hall–Kier alpha value is -2.49. The number of rotatable bonds is 3. The van der Waals surface area contributed by atoms with Crippen LogP contribution >= 0.6 is 0 Å². The molecule has 0 spiro atoms. The van der Waals surface area contributed by atoms with Crippen molar-refractivity contribution >= 4 is 10.8 Å². The van der Waals surface area contributed by atoms with Crippen molar-refractivity contribution in [3.63, 3.8) is 0 Å². The lowest BCUT2D eigenvalue weighted by Crippen LogP contribution is -2.13. The Morgan fingerprint density at radius 1 is 1.41 bits per heavy atom. The number of nitrogens with zero attached hydrogens (tertiary/aromatic N) is 1. The van der Waals surface area contributed by atoms with E-state index in [2.05, 4.69) is 16.8 Å². The van der Waals surface area contributed by atoms with Gasteiger partial charge in [0.25, 0.3) is 5.56 Å². The van der Waals surface area contributed by atoms with Crippen molar-refractivity contribution in [2.24, 2.45) is 0 Å². The molecule has 1 N–H and O–H groups in total. The Balaban J connectivity index is 2.00. The van der Waals surface area contributed by atoms with E-state index in [0.717, 1.165) is 22.2 Å². The van der Waals surface area contributed by atoms with Crippen molar-refractivity contribution in [3.05, 3.63) is 75.8 Å². The van der Waals surface area contributed by atoms with E-state index in [1.807, 2.05) is 37.3 Å². The highest BCUT2D eigenvalue weighted by Crippen LogP contribution is 2.27. The molecule has 0 bridgehead atoms. The first kappa shape index (κ1) is 14.4. The number of hydrogen-bond donors (Lipinski definition) is 1. The summed E-state index contributed by atoms with van der Waals surface area (Å²) in [6.45, 7) is 5.65. The van der Waals surface area contributed by atoms with E-state index in [1.165, 1.54) is 0 Å². The Labute approximate surface area is 127 Å². The summed E-state index contributed by atoms with van der Waals surface area (Å²) >= 11 is 0. The number of fused-ring (bicyclic) bond motifs is 1. The number of alkyl halides is 1. The number of hydrogen-bond acceptors (Lipinski definition) is 2. The molecule has 0 saturated carbocycles. The molecule has 0 amide bonds. The van der Waals surface area contributed by atoms with Gasteiger partial charge in [-0.25, -0.2) is 9.49 Å². The third-order valence-electron chi connectivity index (χ3n) is 3.90. The molecule has 3 rings (SSSR count). The van der Waals surface area contributed by atoms with E-state index < -0.39 is 6.17 Å². The third kappa shape index (κ3) is 2.64. The van der Waals surface area contributed by atoms with Gasteiger partial charge in [0.05, 0.1) is 11.1 Å². The molecule has 1 aliphatic rings. The van der Waals surface area contributed by atoms with Gasteiger partial charge in [-0.05, 0) is 24.1 Å². The predicted molar refractivity (Wildman–Crippen MR) is 86.6 cm³/mol. The van der Waals surface area contributed by atoms with Crippen LogP contribution in [0.25, 0.3) is 10.8 Å². The second-order valence-electron chi connectivity index (χ2n) is 5.58. The van der Waals surface area contributed by atoms with Crippen LogP contribution in [0.2, 0.25) is 0 Å². The lowest BCUT2D eigenvalue weighted by molar-refractivity contribution is 0.384. The summed E-state index contributed by atoms with van der Waals surface area (Å²) in [7, 11) is 0. The molecule has 3 nitrogen and oxygen atoms in total. The van der Waals surface area contributed by atoms with Gasteiger partial charge in [0.2, 0.25) is 0 Å². The average Bonchev–Trinajstić information content (AvgIpc) is 2.52. The lowest BCUT2D eigenvalue weighted by atomic mass is 9.91. The maximum atomic E-state index is 13.9. The standard InChI is InChI=1S/C18H17FN2O/c1-11(2)15-9-12(7-8-16(15)19)10-17-13-5-3-4-6-14(13)18(22)21-20-17/h3-7,9,16H,1,8,10H2,2H3,(H,21,22). The molecular weight excluding hydrogens is 279 g/mol. The molecule has 1 atom stereocenters. The van der Waals surface area contributed by atoms with Crippen LogP contribution in [-0.2, 0) is 6.42 Å². The largest absolute Gasteiger partial charge is 0.272 e. The molecule has 1 aromatic heterocycles. The van der Waals surface area contributed by atoms with Crippen molar-refractivity contribution in [1.82, 2.24) is 10.2 Å². The van der Waals surface area contributed by atoms with E-state index in [1.54, 1.807) is 6.07 Å². The number of H-pyrrole nitrogens is 1. The molecule has 1 heterocycles. The lowest BCUT2D eigenvalue weighted by Gasteiger charge is -2.18. The molecule has 0 radical (unpaired) electrons. The zero-order chi connectivity index (χ0) is 15.7. The van der Waals surface area contributed by atoms with Crippen LogP contribution in [0.1, 0.15) is 19.0 Å². The first-order valence-electron chi connectivity index (χ1n) is 7.23. The summed E-state index contributed by atoms with van der Waals surface area (Å²) in [5, 5.41) is 8.15. The van der Waals surface area contributed by atoms with E-state index in [-0.39, 0.29) is 5.56 Å². The third-order valence-corrected chi connectivity index (χ3v) is 3.90. The zero-order valence-corrected chi connectivity index (χ0v) is 12.4. The number of nitrogens with one attached hydrogen (secondary N) is 1. The van der Waals surface area contributed by atoms with Crippen LogP contribution in [0.15, 0.2) is 64.5 Å². The minimum absolute atomic E-state index is 0.195. The Bertz CT molecular complexity index is 861. The van der Waals surface area contributed by atoms with Gasteiger partial charge in [0.15, 0.2) is 0 Å². The highest BCUT2D eigenvalue weighted by Gasteiger charge is 2.18. The monoisotopic (exact) mass is 296 g/mol. The predicted octanol–water partition coefficient (Wildman–Crippen LogP) is 3.64. The maximum absolute atomic E-state index is 13.9. The number of allylic oxidation sites excluding steroid dienone is 5. The fourth-order valence-electron chi connectivity index (χ4n) is 2.74. The summed E-state index contributed by atoms with van der Waals surface area (Å²) in [4.78, 5) is 11.8. The van der Waals surface area contributed by atoms with Gasteiger partial charge in [0, 0.05) is 18.2 Å². The van der Waals surface area contributed by atoms with Crippen LogP contribution < -0.4 is 5.56 Å². The molecule has 1 unspecified atom stereocenters. The van der Waals surface area contributed by atoms with Gasteiger partial charge in [-0.3, -0.25) is 4.79 Å². The Kier molecular flexibility index (Phi) is 3.75. The summed E-state index contributed by atoms with van der Waals surface area (Å²) in [6.07, 6.45) is 3.66. The minimum atomic E-state index is -0.985. The van der Waals surface area contributed by atoms with Crippen LogP contribution in [0.5, 0.6) is 0 Å². The Morgan fingerprint density at radius 3 is 2.86 bits per heavy atom. The molecule has 0 fully saturated rings. The summed E-state index contributed by atoms with van der Waals surface area (Å²) < 4.78 is 13.9. The SMILES string of the molecule is C=C(C)C1=CC(Cc2n[nH]c(=O)c3ccccc23)=CCC1F. The first-order valence-corrected chi connectivity index (χ1v) is 7.23. The average molecular weight is 296 g/mol. The van der Waals surface area contributed by atoms with Crippen molar-refractivity contribution in [2.75, 3.05) is 0 Å². The minimum Gasteiger partial charge on any atom is -0.267 e. The van der Waals surface area contributed by atoms with Gasteiger partial charge in [0.1, 0.15) is 6.17 Å². The second kappa shape index (κ2) is 5.72. The van der Waals surface area contributed by atoms with Gasteiger partial charge in [-0.1, -0.05) is 42.5 Å². The van der Waals surface area contributed by atoms with E-state index >= 15 is 0 Å². The topological polar surface area (TPSA) is 45.8 Å². The van der Waals surface area contributed by atoms with Crippen LogP contribution in [0, 0.1) is 0 Å². The number of benzene rings is 1. The Morgan fingerprint density at radius 2 is 2.14 bits per heavy atom. The number of halogens is 1. The molecule has 0 saturated heterocycles. The molecule has 1 aliphatic carbocycles. The quantitative estimate of drug-likeness (QED) is 0.940. The zero-order valence-electron chi connectivity index (χ0n) is 12.4. The fraction of sp³-hybridized carbons (Fsp3) is 0.222. The van der Waals surface area contributed by atoms with Gasteiger partial charge in [-0.2, -0.15) is 5.10 Å². The van der Waals surface area contributed by atoms with Crippen LogP contribution in [0.3, 0.4) is 0 Å². The summed E-state index contributed by atoms with van der Waals surface area (Å²) in [6, 6.07) is 7.38. The normalized spacial score (nSPS) is 18.0. The van der Waals surface area contributed by atoms with Gasteiger partial charge in [-0.15, -0.1) is 0 Å². The van der Waals surface area contributed by atoms with Gasteiger partial charge >= 0.3 is 0 Å². The summed E-state index contributed by atoms with van der Waals surface area (Å²) in [5.74, 6) is 0. The maximum Gasteiger partial charge on any atom is 0.272 e. The molecule has 22 heavy (non-hydrogen) atoms. The van der Waals surface area contributed by atoms with Crippen molar-refractivity contribution in [1.29, 1.82) is 0 Å². The molecule has 2 aromatic rings. The molecule has 4 heteroatoms. The molecule has 0 aliphatic heterocycles. The molecule has 1 aromatic carbocycles. The fourth-order valence-corrected chi connectivity index (χ4v) is 2.74. The second-order valence-corrected chi connectivity index (χ2v) is 5.58. The summed E-state index contributed by atoms with van der Waals surface area (Å²) in [5.41, 5.74) is 2.98. The number of aromatic amines is 1. The van der Waals surface area contributed by atoms with Crippen LogP contribution in [-0.4, -0.2) is 16.4 Å². The highest BCUT2D eigenvalue weighted by molar-refractivity contribution is 5.83.